The zero-order valence-corrected chi connectivity index (χ0v) is 8.32. The molecule has 0 aromatic heterocycles. The molecule has 0 bridgehead atoms. The largest absolute Gasteiger partial charge is 0.481 e. The fraction of sp³-hybridized carbons (Fsp3) is 0.889. The molecule has 0 aliphatic heterocycles. The molecule has 0 spiro atoms. The second kappa shape index (κ2) is 4.17. The van der Waals surface area contributed by atoms with Gasteiger partial charge < -0.3 is 5.11 Å². The van der Waals surface area contributed by atoms with E-state index in [2.05, 4.69) is 6.92 Å². The summed E-state index contributed by atoms with van der Waals surface area (Å²) in [5, 5.41) is 8.70. The molecule has 1 N–H and O–H groups in total. The van der Waals surface area contributed by atoms with Gasteiger partial charge in [0, 0.05) is 0 Å². The number of carboxylic acids is 1. The molecule has 0 saturated heterocycles. The molecule has 0 radical (unpaired) electrons. The minimum atomic E-state index is -0.633. The lowest BCUT2D eigenvalue weighted by molar-refractivity contribution is -0.140. The number of carboxylic acid groups (broad SMARTS) is 1. The average Bonchev–Trinajstić information content (AvgIpc) is 1.94. The van der Waals surface area contributed by atoms with Gasteiger partial charge in [0.2, 0.25) is 0 Å². The van der Waals surface area contributed by atoms with Crippen molar-refractivity contribution < 1.29 is 9.90 Å². The molecule has 0 heterocycles. The third kappa shape index (κ3) is 2.41. The molecule has 0 unspecified atom stereocenters. The lowest BCUT2D eigenvalue weighted by Crippen LogP contribution is -2.34. The van der Waals surface area contributed by atoms with E-state index in [1.165, 1.54) is 6.42 Å². The molecular weight excluding hydrogens is 172 g/mol. The van der Waals surface area contributed by atoms with Gasteiger partial charge in [-0.3, -0.25) is 4.79 Å². The molecule has 1 fully saturated rings. The number of hydrogen-bond donors (Lipinski definition) is 1. The predicted molar refractivity (Wildman–Crippen MR) is 51.5 cm³/mol. The first-order valence-electron chi connectivity index (χ1n) is 4.48. The topological polar surface area (TPSA) is 37.3 Å². The van der Waals surface area contributed by atoms with Crippen LogP contribution in [0.2, 0.25) is 0 Å². The Morgan fingerprint density at radius 2 is 2.25 bits per heavy atom. The van der Waals surface area contributed by atoms with Crippen LogP contribution in [0.25, 0.3) is 0 Å². The van der Waals surface area contributed by atoms with Crippen LogP contribution in [0.1, 0.15) is 32.6 Å². The Morgan fingerprint density at radius 1 is 1.58 bits per heavy atom. The maximum atomic E-state index is 10.6. The van der Waals surface area contributed by atoms with Gasteiger partial charge in [-0.15, -0.1) is 0 Å². The summed E-state index contributed by atoms with van der Waals surface area (Å²) in [6, 6.07) is 0. The molecule has 2 nitrogen and oxygen atoms in total. The lowest BCUT2D eigenvalue weighted by atomic mass is 9.68. The van der Waals surface area contributed by atoms with Crippen molar-refractivity contribution in [1.82, 2.24) is 0 Å². The third-order valence-corrected chi connectivity index (χ3v) is 3.78. The van der Waals surface area contributed by atoms with Gasteiger partial charge in [-0.1, -0.05) is 13.3 Å². The predicted octanol–water partition coefficient (Wildman–Crippen LogP) is 2.38. The van der Waals surface area contributed by atoms with E-state index in [9.17, 15) is 4.79 Å². The van der Waals surface area contributed by atoms with E-state index in [1.807, 2.05) is 11.8 Å². The molecule has 12 heavy (non-hydrogen) atoms. The second-order valence-electron chi connectivity index (χ2n) is 3.56. The molecule has 3 heteroatoms. The van der Waals surface area contributed by atoms with Crippen molar-refractivity contribution in [3.63, 3.8) is 0 Å². The van der Waals surface area contributed by atoms with Crippen LogP contribution in [0, 0.1) is 5.41 Å². The monoisotopic (exact) mass is 188 g/mol. The molecule has 0 aromatic carbocycles. The van der Waals surface area contributed by atoms with Crippen LogP contribution >= 0.6 is 11.8 Å². The minimum Gasteiger partial charge on any atom is -0.481 e. The van der Waals surface area contributed by atoms with E-state index in [0.717, 1.165) is 24.3 Å². The van der Waals surface area contributed by atoms with E-state index < -0.39 is 5.97 Å². The van der Waals surface area contributed by atoms with Crippen molar-refractivity contribution in [2.45, 2.75) is 32.6 Å². The van der Waals surface area contributed by atoms with E-state index in [-0.39, 0.29) is 5.41 Å². The Hall–Kier alpha value is -0.180. The number of carbonyl (C=O) groups is 1. The van der Waals surface area contributed by atoms with E-state index >= 15 is 0 Å². The fourth-order valence-electron chi connectivity index (χ4n) is 1.69. The van der Waals surface area contributed by atoms with Gasteiger partial charge in [-0.05, 0) is 29.8 Å². The van der Waals surface area contributed by atoms with Crippen LogP contribution in [-0.4, -0.2) is 22.6 Å². The molecule has 1 saturated carbocycles. The molecule has 0 amide bonds. The van der Waals surface area contributed by atoms with Crippen molar-refractivity contribution in [3.05, 3.63) is 0 Å². The Bertz CT molecular complexity index is 164. The highest BCUT2D eigenvalue weighted by molar-refractivity contribution is 7.99. The summed E-state index contributed by atoms with van der Waals surface area (Å²) in [5.41, 5.74) is 0.159. The van der Waals surface area contributed by atoms with Crippen molar-refractivity contribution in [1.29, 1.82) is 0 Å². The zero-order valence-electron chi connectivity index (χ0n) is 7.51. The van der Waals surface area contributed by atoms with Crippen LogP contribution in [-0.2, 0) is 4.79 Å². The third-order valence-electron chi connectivity index (χ3n) is 2.55. The second-order valence-corrected chi connectivity index (χ2v) is 4.84. The standard InChI is InChI=1S/C9H16O2S/c1-2-12-7-9(4-3-5-9)6-8(10)11/h2-7H2,1H3,(H,10,11). The molecule has 70 valence electrons. The quantitative estimate of drug-likeness (QED) is 0.719. The van der Waals surface area contributed by atoms with Gasteiger partial charge in [-0.2, -0.15) is 11.8 Å². The Morgan fingerprint density at radius 3 is 2.58 bits per heavy atom. The first-order valence-corrected chi connectivity index (χ1v) is 5.63. The van der Waals surface area contributed by atoms with Gasteiger partial charge in [0.1, 0.15) is 0 Å². The summed E-state index contributed by atoms with van der Waals surface area (Å²) in [5.74, 6) is 1.50. The molecule has 0 aromatic rings. The summed E-state index contributed by atoms with van der Waals surface area (Å²) in [6.07, 6.45) is 3.83. The smallest absolute Gasteiger partial charge is 0.303 e. The summed E-state index contributed by atoms with van der Waals surface area (Å²) >= 11 is 1.87. The minimum absolute atomic E-state index is 0.159. The molecule has 1 rings (SSSR count). The van der Waals surface area contributed by atoms with Gasteiger partial charge in [0.05, 0.1) is 6.42 Å². The number of hydrogen-bond acceptors (Lipinski definition) is 2. The maximum Gasteiger partial charge on any atom is 0.303 e. The van der Waals surface area contributed by atoms with E-state index in [1.54, 1.807) is 0 Å². The van der Waals surface area contributed by atoms with Crippen LogP contribution in [0.5, 0.6) is 0 Å². The van der Waals surface area contributed by atoms with E-state index in [0.29, 0.717) is 6.42 Å². The average molecular weight is 188 g/mol. The summed E-state index contributed by atoms with van der Waals surface area (Å²) in [6.45, 7) is 2.12. The van der Waals surface area contributed by atoms with Gasteiger partial charge in [0.25, 0.3) is 0 Å². The van der Waals surface area contributed by atoms with Gasteiger partial charge >= 0.3 is 5.97 Å². The van der Waals surface area contributed by atoms with Gasteiger partial charge in [-0.25, -0.2) is 0 Å². The lowest BCUT2D eigenvalue weighted by Gasteiger charge is -2.40. The van der Waals surface area contributed by atoms with E-state index in [4.69, 9.17) is 5.11 Å². The highest BCUT2D eigenvalue weighted by Crippen LogP contribution is 2.46. The maximum absolute atomic E-state index is 10.6. The first-order chi connectivity index (χ1) is 5.68. The normalized spacial score (nSPS) is 20.1. The summed E-state index contributed by atoms with van der Waals surface area (Å²) < 4.78 is 0. The van der Waals surface area contributed by atoms with Crippen LogP contribution in [0.3, 0.4) is 0 Å². The molecule has 0 atom stereocenters. The Balaban J connectivity index is 2.34. The van der Waals surface area contributed by atoms with Crippen molar-refractivity contribution in [2.75, 3.05) is 11.5 Å². The molecular formula is C9H16O2S. The Labute approximate surface area is 77.7 Å². The molecule has 1 aliphatic rings. The Kier molecular flexibility index (Phi) is 3.44. The fourth-order valence-corrected chi connectivity index (χ4v) is 2.72. The number of rotatable bonds is 5. The highest BCUT2D eigenvalue weighted by Gasteiger charge is 2.38. The SMILES string of the molecule is CCSCC1(CC(=O)O)CCC1. The zero-order chi connectivity index (χ0) is 9.03. The van der Waals surface area contributed by atoms with Crippen molar-refractivity contribution in [2.24, 2.45) is 5.41 Å². The first kappa shape index (κ1) is 9.90. The highest BCUT2D eigenvalue weighted by atomic mass is 32.2. The van der Waals surface area contributed by atoms with Gasteiger partial charge in [0.15, 0.2) is 0 Å². The summed E-state index contributed by atoms with van der Waals surface area (Å²) in [7, 11) is 0. The number of aliphatic carboxylic acids is 1. The van der Waals surface area contributed by atoms with Crippen LogP contribution < -0.4 is 0 Å². The van der Waals surface area contributed by atoms with Crippen LogP contribution in [0.15, 0.2) is 0 Å². The molecule has 1 aliphatic carbocycles. The van der Waals surface area contributed by atoms with Crippen LogP contribution in [0.4, 0.5) is 0 Å². The number of thioether (sulfide) groups is 1. The van der Waals surface area contributed by atoms with Crippen molar-refractivity contribution in [3.8, 4) is 0 Å². The summed E-state index contributed by atoms with van der Waals surface area (Å²) in [4.78, 5) is 10.6. The van der Waals surface area contributed by atoms with Crippen molar-refractivity contribution >= 4 is 17.7 Å².